The summed E-state index contributed by atoms with van der Waals surface area (Å²) < 4.78 is 5.32. The number of aryl methyl sites for hydroxylation is 1. The van der Waals surface area contributed by atoms with E-state index < -0.39 is 5.60 Å². The van der Waals surface area contributed by atoms with Crippen LogP contribution in [0.2, 0.25) is 0 Å². The van der Waals surface area contributed by atoms with Crippen molar-refractivity contribution in [3.63, 3.8) is 0 Å². The van der Waals surface area contributed by atoms with Gasteiger partial charge in [-0.25, -0.2) is 4.79 Å². The number of ether oxygens (including phenoxy) is 1. The second kappa shape index (κ2) is 9.52. The Bertz CT molecular complexity index is 549. The van der Waals surface area contributed by atoms with Crippen molar-refractivity contribution in [2.24, 2.45) is 4.99 Å². The first kappa shape index (κ1) is 20.3. The third kappa shape index (κ3) is 7.68. The number of nitrogens with one attached hydrogen (secondary N) is 2. The number of amides is 1. The largest absolute Gasteiger partial charge is 0.444 e. The summed E-state index contributed by atoms with van der Waals surface area (Å²) in [5.41, 5.74) is -0.478. The first-order chi connectivity index (χ1) is 11.2. The Balaban J connectivity index is 2.32. The highest BCUT2D eigenvalue weighted by atomic mass is 32.1. The molecule has 0 aliphatic heterocycles. The van der Waals surface area contributed by atoms with Crippen LogP contribution in [0.1, 0.15) is 37.4 Å². The maximum Gasteiger partial charge on any atom is 0.410 e. The molecule has 6 nitrogen and oxygen atoms in total. The van der Waals surface area contributed by atoms with Gasteiger partial charge in [0.1, 0.15) is 5.60 Å². The highest BCUT2D eigenvalue weighted by Crippen LogP contribution is 2.16. The quantitative estimate of drug-likeness (QED) is 0.609. The van der Waals surface area contributed by atoms with E-state index in [1.807, 2.05) is 32.1 Å². The number of hydrogen-bond donors (Lipinski definition) is 2. The Morgan fingerprint density at radius 1 is 1.29 bits per heavy atom. The molecule has 0 unspecified atom stereocenters. The summed E-state index contributed by atoms with van der Waals surface area (Å²) in [6, 6.07) is 4.30. The number of carbonyl (C=O) groups excluding carboxylic acids is 1. The minimum absolute atomic E-state index is 0.321. The molecular weight excluding hydrogens is 324 g/mol. The van der Waals surface area contributed by atoms with Crippen LogP contribution in [0, 0.1) is 0 Å². The summed E-state index contributed by atoms with van der Waals surface area (Å²) in [4.78, 5) is 20.3. The highest BCUT2D eigenvalue weighted by Gasteiger charge is 2.19. The monoisotopic (exact) mass is 354 g/mol. The number of guanidine groups is 1. The highest BCUT2D eigenvalue weighted by molar-refractivity contribution is 7.11. The second-order valence-corrected chi connectivity index (χ2v) is 7.73. The minimum Gasteiger partial charge on any atom is -0.444 e. The molecule has 0 radical (unpaired) electrons. The summed E-state index contributed by atoms with van der Waals surface area (Å²) in [7, 11) is 3.46. The topological polar surface area (TPSA) is 66.0 Å². The fourth-order valence-electron chi connectivity index (χ4n) is 1.87. The van der Waals surface area contributed by atoms with Crippen LogP contribution < -0.4 is 10.6 Å². The van der Waals surface area contributed by atoms with Crippen LogP contribution in [-0.2, 0) is 17.7 Å². The number of thiophene rings is 1. The van der Waals surface area contributed by atoms with Gasteiger partial charge in [-0.15, -0.1) is 11.3 Å². The van der Waals surface area contributed by atoms with Crippen molar-refractivity contribution in [3.05, 3.63) is 21.9 Å². The van der Waals surface area contributed by atoms with Crippen LogP contribution in [0.15, 0.2) is 17.1 Å². The predicted octanol–water partition coefficient (Wildman–Crippen LogP) is 2.84. The first-order valence-corrected chi connectivity index (χ1v) is 9.03. The molecule has 1 aromatic heterocycles. The van der Waals surface area contributed by atoms with Gasteiger partial charge in [-0.3, -0.25) is 4.99 Å². The van der Waals surface area contributed by atoms with Crippen molar-refractivity contribution < 1.29 is 9.53 Å². The third-order valence-electron chi connectivity index (χ3n) is 3.16. The number of rotatable bonds is 6. The van der Waals surface area contributed by atoms with Gasteiger partial charge in [0.05, 0.1) is 6.54 Å². The Morgan fingerprint density at radius 2 is 1.96 bits per heavy atom. The van der Waals surface area contributed by atoms with E-state index in [9.17, 15) is 4.79 Å². The summed E-state index contributed by atoms with van der Waals surface area (Å²) in [5.74, 6) is 0.721. The fraction of sp³-hybridized carbons (Fsp3) is 0.647. The van der Waals surface area contributed by atoms with E-state index in [1.165, 1.54) is 9.75 Å². The minimum atomic E-state index is -0.478. The van der Waals surface area contributed by atoms with Crippen molar-refractivity contribution in [3.8, 4) is 0 Å². The molecule has 0 saturated carbocycles. The average molecular weight is 355 g/mol. The van der Waals surface area contributed by atoms with Crippen molar-refractivity contribution in [1.29, 1.82) is 0 Å². The third-order valence-corrected chi connectivity index (χ3v) is 4.39. The van der Waals surface area contributed by atoms with Crippen LogP contribution in [0.25, 0.3) is 0 Å². The van der Waals surface area contributed by atoms with Crippen LogP contribution in [0.5, 0.6) is 0 Å². The maximum absolute atomic E-state index is 11.9. The van der Waals surface area contributed by atoms with Crippen molar-refractivity contribution >= 4 is 23.4 Å². The fourth-order valence-corrected chi connectivity index (χ4v) is 2.77. The summed E-state index contributed by atoms with van der Waals surface area (Å²) in [5, 5.41) is 6.48. The van der Waals surface area contributed by atoms with Gasteiger partial charge < -0.3 is 20.3 Å². The lowest BCUT2D eigenvalue weighted by atomic mass is 10.2. The SMILES string of the molecule is CCc1ccc(CNC(=NC)NCCN(C)C(=O)OC(C)(C)C)s1. The number of likely N-dealkylation sites (N-methyl/N-ethyl adjacent to an activating group) is 1. The van der Waals surface area contributed by atoms with Crippen LogP contribution >= 0.6 is 11.3 Å². The number of carbonyl (C=O) groups is 1. The van der Waals surface area contributed by atoms with Gasteiger partial charge in [-0.05, 0) is 39.3 Å². The molecule has 2 N–H and O–H groups in total. The van der Waals surface area contributed by atoms with Crippen molar-refractivity contribution in [2.75, 3.05) is 27.2 Å². The standard InChI is InChI=1S/C17H30N4O2S/c1-7-13-8-9-14(24-13)12-20-15(18-5)19-10-11-21(6)16(22)23-17(2,3)4/h8-9H,7,10-12H2,1-6H3,(H2,18,19,20). The average Bonchev–Trinajstić information content (AvgIpc) is 2.96. The molecule has 0 atom stereocenters. The van der Waals surface area contributed by atoms with Gasteiger partial charge in [0.2, 0.25) is 0 Å². The van der Waals surface area contributed by atoms with E-state index in [0.717, 1.165) is 18.9 Å². The molecule has 0 saturated heterocycles. The van der Waals surface area contributed by atoms with Gasteiger partial charge in [-0.2, -0.15) is 0 Å². The molecule has 0 aliphatic carbocycles. The normalized spacial score (nSPS) is 12.0. The lowest BCUT2D eigenvalue weighted by Gasteiger charge is -2.24. The molecule has 24 heavy (non-hydrogen) atoms. The first-order valence-electron chi connectivity index (χ1n) is 8.21. The Morgan fingerprint density at radius 3 is 2.50 bits per heavy atom. The molecule has 1 heterocycles. The maximum atomic E-state index is 11.9. The summed E-state index contributed by atoms with van der Waals surface area (Å²) >= 11 is 1.81. The molecular formula is C17H30N4O2S. The van der Waals surface area contributed by atoms with Gasteiger partial charge in [0.25, 0.3) is 0 Å². The van der Waals surface area contributed by atoms with Crippen LogP contribution in [0.3, 0.4) is 0 Å². The Labute approximate surface area is 149 Å². The van der Waals surface area contributed by atoms with Gasteiger partial charge in [-0.1, -0.05) is 6.92 Å². The molecule has 136 valence electrons. The van der Waals surface area contributed by atoms with E-state index in [2.05, 4.69) is 34.7 Å². The molecule has 7 heteroatoms. The van der Waals surface area contributed by atoms with Crippen molar-refractivity contribution in [2.45, 2.75) is 46.3 Å². The molecule has 1 amide bonds. The summed E-state index contributed by atoms with van der Waals surface area (Å²) in [6.45, 7) is 9.61. The number of aliphatic imine (C=N–C) groups is 1. The second-order valence-electron chi connectivity index (χ2n) is 6.48. The molecule has 1 aromatic rings. The van der Waals surface area contributed by atoms with Gasteiger partial charge in [0.15, 0.2) is 5.96 Å². The van der Waals surface area contributed by atoms with Crippen LogP contribution in [0.4, 0.5) is 4.79 Å². The van der Waals surface area contributed by atoms with Gasteiger partial charge >= 0.3 is 6.09 Å². The van der Waals surface area contributed by atoms with E-state index in [1.54, 1.807) is 19.0 Å². The molecule has 0 bridgehead atoms. The number of hydrogen-bond acceptors (Lipinski definition) is 4. The van der Waals surface area contributed by atoms with Gasteiger partial charge in [0, 0.05) is 36.9 Å². The zero-order valence-corrected chi connectivity index (χ0v) is 16.4. The zero-order valence-electron chi connectivity index (χ0n) is 15.6. The van der Waals surface area contributed by atoms with Crippen molar-refractivity contribution in [1.82, 2.24) is 15.5 Å². The molecule has 0 aromatic carbocycles. The van der Waals surface area contributed by atoms with E-state index in [4.69, 9.17) is 4.74 Å². The Kier molecular flexibility index (Phi) is 8.04. The number of nitrogens with zero attached hydrogens (tertiary/aromatic N) is 2. The zero-order chi connectivity index (χ0) is 18.2. The lowest BCUT2D eigenvalue weighted by Crippen LogP contribution is -2.42. The Hall–Kier alpha value is -1.76. The lowest BCUT2D eigenvalue weighted by molar-refractivity contribution is 0.0302. The molecule has 1 rings (SSSR count). The molecule has 0 spiro atoms. The van der Waals surface area contributed by atoms with E-state index in [-0.39, 0.29) is 6.09 Å². The molecule has 0 aliphatic rings. The van der Waals surface area contributed by atoms with E-state index >= 15 is 0 Å². The van der Waals surface area contributed by atoms with Crippen LogP contribution in [-0.4, -0.2) is 49.7 Å². The molecule has 0 fully saturated rings. The summed E-state index contributed by atoms with van der Waals surface area (Å²) in [6.07, 6.45) is 0.743. The smallest absolute Gasteiger partial charge is 0.410 e. The predicted molar refractivity (Wildman–Crippen MR) is 101 cm³/mol. The van der Waals surface area contributed by atoms with E-state index in [0.29, 0.717) is 13.1 Å².